The van der Waals surface area contributed by atoms with Crippen LogP contribution in [0.25, 0.3) is 0 Å². The molecule has 1 aliphatic heterocycles. The molecule has 37 heavy (non-hydrogen) atoms. The molecule has 1 aliphatic rings. The van der Waals surface area contributed by atoms with E-state index >= 15 is 0 Å². The number of nitrogens with one attached hydrogen (secondary N) is 4. The van der Waals surface area contributed by atoms with Gasteiger partial charge in [-0.3, -0.25) is 0 Å². The van der Waals surface area contributed by atoms with Crippen molar-refractivity contribution in [2.75, 3.05) is 48.8 Å². The number of para-hydroxylation sites is 1. The summed E-state index contributed by atoms with van der Waals surface area (Å²) in [6.45, 7) is 7.51. The average molecular weight is 591 g/mol. The van der Waals surface area contributed by atoms with E-state index in [0.29, 0.717) is 40.3 Å². The lowest BCUT2D eigenvalue weighted by molar-refractivity contribution is 0.342. The Morgan fingerprint density at radius 3 is 2.70 bits per heavy atom. The standard InChI is InChI=1S/C25H32BrN7O3S/c1-4-28-17-12-13-33(16-17)18-10-11-20(22(14-18)36-5-2)31-25-29-15-19(26)24(32-25)30-21-8-6-7-9-23(21)37(34,35)27-3/h6-11,14-15,17,27-28H,4-5,12-13,16H2,1-3H3,(H2,29,30,31,32). The first-order chi connectivity index (χ1) is 17.8. The van der Waals surface area contributed by atoms with Gasteiger partial charge in [-0.2, -0.15) is 4.98 Å². The predicted molar refractivity (Wildman–Crippen MR) is 151 cm³/mol. The molecule has 0 amide bonds. The maximum Gasteiger partial charge on any atom is 0.242 e. The first-order valence-electron chi connectivity index (χ1n) is 12.2. The largest absolute Gasteiger partial charge is 0.492 e. The van der Waals surface area contributed by atoms with Crippen LogP contribution in [0.15, 0.2) is 58.0 Å². The molecule has 0 radical (unpaired) electrons. The number of hydrogen-bond donors (Lipinski definition) is 4. The molecule has 2 aromatic carbocycles. The summed E-state index contributed by atoms with van der Waals surface area (Å²) in [6, 6.07) is 13.2. The summed E-state index contributed by atoms with van der Waals surface area (Å²) in [7, 11) is -2.29. The number of sulfonamides is 1. The quantitative estimate of drug-likeness (QED) is 0.260. The lowest BCUT2D eigenvalue weighted by Crippen LogP contribution is -2.32. The van der Waals surface area contributed by atoms with Crippen molar-refractivity contribution >= 4 is 54.8 Å². The number of rotatable bonds is 11. The molecular weight excluding hydrogens is 558 g/mol. The van der Waals surface area contributed by atoms with Gasteiger partial charge in [0.1, 0.15) is 16.5 Å². The number of hydrogen-bond acceptors (Lipinski definition) is 9. The van der Waals surface area contributed by atoms with E-state index in [1.54, 1.807) is 24.4 Å². The fourth-order valence-corrected chi connectivity index (χ4v) is 5.39. The Morgan fingerprint density at radius 1 is 1.14 bits per heavy atom. The van der Waals surface area contributed by atoms with Crippen LogP contribution in [0, 0.1) is 0 Å². The first kappa shape index (κ1) is 27.1. The van der Waals surface area contributed by atoms with Crippen LogP contribution in [0.1, 0.15) is 20.3 Å². The molecule has 0 spiro atoms. The number of ether oxygens (including phenoxy) is 1. The average Bonchev–Trinajstić information content (AvgIpc) is 3.36. The summed E-state index contributed by atoms with van der Waals surface area (Å²) in [5.74, 6) is 1.46. The predicted octanol–water partition coefficient (Wildman–Crippen LogP) is 4.22. The van der Waals surface area contributed by atoms with Gasteiger partial charge in [0.2, 0.25) is 16.0 Å². The maximum absolute atomic E-state index is 12.4. The Morgan fingerprint density at radius 2 is 1.95 bits per heavy atom. The van der Waals surface area contributed by atoms with Crippen LogP contribution in [0.2, 0.25) is 0 Å². The van der Waals surface area contributed by atoms with Crippen LogP contribution in [-0.4, -0.2) is 57.7 Å². The fraction of sp³-hybridized carbons (Fsp3) is 0.360. The highest BCUT2D eigenvalue weighted by Gasteiger charge is 2.23. The molecule has 10 nitrogen and oxygen atoms in total. The highest BCUT2D eigenvalue weighted by Crippen LogP contribution is 2.34. The molecular formula is C25H32BrN7O3S. The zero-order valence-electron chi connectivity index (χ0n) is 21.1. The molecule has 0 saturated carbocycles. The smallest absolute Gasteiger partial charge is 0.242 e. The summed E-state index contributed by atoms with van der Waals surface area (Å²) in [5.41, 5.74) is 2.23. The monoisotopic (exact) mass is 589 g/mol. The summed E-state index contributed by atoms with van der Waals surface area (Å²) in [5, 5.41) is 9.87. The van der Waals surface area contributed by atoms with E-state index in [2.05, 4.69) is 64.5 Å². The fourth-order valence-electron chi connectivity index (χ4n) is 4.21. The van der Waals surface area contributed by atoms with Crippen molar-refractivity contribution in [2.45, 2.75) is 31.2 Å². The van der Waals surface area contributed by atoms with Crippen molar-refractivity contribution in [2.24, 2.45) is 0 Å². The summed E-state index contributed by atoms with van der Waals surface area (Å²) in [6.07, 6.45) is 2.71. The molecule has 4 rings (SSSR count). The van der Waals surface area contributed by atoms with Crippen LogP contribution >= 0.6 is 15.9 Å². The van der Waals surface area contributed by atoms with Crippen molar-refractivity contribution in [3.05, 3.63) is 53.1 Å². The van der Waals surface area contributed by atoms with Gasteiger partial charge < -0.3 is 25.6 Å². The van der Waals surface area contributed by atoms with Crippen LogP contribution in [0.5, 0.6) is 5.75 Å². The minimum Gasteiger partial charge on any atom is -0.492 e. The third kappa shape index (κ3) is 6.50. The van der Waals surface area contributed by atoms with Gasteiger partial charge in [-0.05, 0) is 67.1 Å². The zero-order valence-corrected chi connectivity index (χ0v) is 23.5. The second-order valence-corrected chi connectivity index (χ2v) is 11.2. The third-order valence-corrected chi connectivity index (χ3v) is 8.05. The van der Waals surface area contributed by atoms with E-state index in [9.17, 15) is 8.42 Å². The van der Waals surface area contributed by atoms with Gasteiger partial charge in [-0.25, -0.2) is 18.1 Å². The van der Waals surface area contributed by atoms with Gasteiger partial charge in [-0.1, -0.05) is 19.1 Å². The zero-order chi connectivity index (χ0) is 26.4. The van der Waals surface area contributed by atoms with Gasteiger partial charge in [0.15, 0.2) is 0 Å². The third-order valence-electron chi connectivity index (χ3n) is 6.00. The molecule has 1 fully saturated rings. The van der Waals surface area contributed by atoms with Crippen LogP contribution in [0.3, 0.4) is 0 Å². The summed E-state index contributed by atoms with van der Waals surface area (Å²) >= 11 is 3.45. The topological polar surface area (TPSA) is 121 Å². The van der Waals surface area contributed by atoms with Crippen molar-refractivity contribution in [1.29, 1.82) is 0 Å². The Bertz CT molecular complexity index is 1340. The van der Waals surface area contributed by atoms with Crippen molar-refractivity contribution in [3.8, 4) is 5.75 Å². The number of nitrogens with zero attached hydrogens (tertiary/aromatic N) is 3. The Hall–Kier alpha value is -2.93. The number of anilines is 5. The molecule has 2 heterocycles. The van der Waals surface area contributed by atoms with E-state index in [4.69, 9.17) is 4.74 Å². The van der Waals surface area contributed by atoms with Crippen molar-refractivity contribution in [1.82, 2.24) is 20.0 Å². The lowest BCUT2D eigenvalue weighted by Gasteiger charge is -2.21. The second kappa shape index (κ2) is 12.1. The van der Waals surface area contributed by atoms with Crippen molar-refractivity contribution < 1.29 is 13.2 Å². The molecule has 0 bridgehead atoms. The number of likely N-dealkylation sites (N-methyl/N-ethyl adjacent to an activating group) is 1. The SMILES string of the molecule is CCNC1CCN(c2ccc(Nc3ncc(Br)c(Nc4ccccc4S(=O)(=O)NC)n3)c(OCC)c2)C1. The normalized spacial score (nSPS) is 15.6. The molecule has 4 N–H and O–H groups in total. The van der Waals surface area contributed by atoms with Gasteiger partial charge in [0.05, 0.1) is 22.5 Å². The number of halogens is 1. The molecule has 12 heteroatoms. The highest BCUT2D eigenvalue weighted by molar-refractivity contribution is 9.10. The minimum atomic E-state index is -3.66. The van der Waals surface area contributed by atoms with Gasteiger partial charge in [0, 0.05) is 37.1 Å². The van der Waals surface area contributed by atoms with E-state index in [-0.39, 0.29) is 4.90 Å². The molecule has 1 aromatic heterocycles. The second-order valence-electron chi connectivity index (χ2n) is 8.45. The summed E-state index contributed by atoms with van der Waals surface area (Å²) in [4.78, 5) is 11.4. The lowest BCUT2D eigenvalue weighted by atomic mass is 10.2. The van der Waals surface area contributed by atoms with Crippen LogP contribution < -0.4 is 30.3 Å². The molecule has 198 valence electrons. The van der Waals surface area contributed by atoms with E-state index in [1.165, 1.54) is 13.1 Å². The molecule has 0 aliphatic carbocycles. The van der Waals surface area contributed by atoms with Gasteiger partial charge in [-0.15, -0.1) is 0 Å². The Balaban J connectivity index is 1.57. The number of benzene rings is 2. The first-order valence-corrected chi connectivity index (χ1v) is 14.5. The Labute approximate surface area is 226 Å². The molecule has 3 aromatic rings. The van der Waals surface area contributed by atoms with E-state index in [0.717, 1.165) is 37.4 Å². The van der Waals surface area contributed by atoms with Crippen molar-refractivity contribution in [3.63, 3.8) is 0 Å². The minimum absolute atomic E-state index is 0.116. The van der Waals surface area contributed by atoms with E-state index < -0.39 is 10.0 Å². The van der Waals surface area contributed by atoms with Crippen LogP contribution in [-0.2, 0) is 10.0 Å². The summed E-state index contributed by atoms with van der Waals surface area (Å²) < 4.78 is 33.8. The van der Waals surface area contributed by atoms with Gasteiger partial charge in [0.25, 0.3) is 0 Å². The van der Waals surface area contributed by atoms with Gasteiger partial charge >= 0.3 is 0 Å². The molecule has 1 atom stereocenters. The molecule has 1 unspecified atom stereocenters. The Kier molecular flexibility index (Phi) is 8.85. The van der Waals surface area contributed by atoms with E-state index in [1.807, 2.05) is 19.1 Å². The highest BCUT2D eigenvalue weighted by atomic mass is 79.9. The number of aromatic nitrogens is 2. The van der Waals surface area contributed by atoms with Crippen LogP contribution in [0.4, 0.5) is 28.8 Å². The maximum atomic E-state index is 12.4. The molecule has 1 saturated heterocycles.